The largest absolute Gasteiger partial charge is 0.494 e. The van der Waals surface area contributed by atoms with E-state index in [9.17, 15) is 4.79 Å². The Hall–Kier alpha value is -2.32. The molecule has 3 N–H and O–H groups in total. The highest BCUT2D eigenvalue weighted by atomic mass is 35.5. The molecule has 0 bridgehead atoms. The van der Waals surface area contributed by atoms with Crippen molar-refractivity contribution in [1.82, 2.24) is 9.88 Å². The summed E-state index contributed by atoms with van der Waals surface area (Å²) in [6, 6.07) is 17.2. The van der Waals surface area contributed by atoms with E-state index in [0.29, 0.717) is 13.0 Å². The van der Waals surface area contributed by atoms with E-state index in [0.717, 1.165) is 73.8 Å². The van der Waals surface area contributed by atoms with Crippen molar-refractivity contribution >= 4 is 60.4 Å². The second-order valence-corrected chi connectivity index (χ2v) is 10.6. The number of aliphatic carboxylic acids is 1. The fourth-order valence-electron chi connectivity index (χ4n) is 5.47. The molecule has 6 nitrogen and oxygen atoms in total. The molecule has 3 aromatic rings. The number of hydrogen-bond acceptors (Lipinski definition) is 5. The lowest BCUT2D eigenvalue weighted by Gasteiger charge is -2.30. The first-order chi connectivity index (χ1) is 18.5. The molecule has 1 aliphatic heterocycles. The van der Waals surface area contributed by atoms with Crippen molar-refractivity contribution in [2.45, 2.75) is 44.6 Å². The number of nitrogens with two attached hydrogens (primary N) is 1. The number of benzene rings is 2. The van der Waals surface area contributed by atoms with Gasteiger partial charge in [-0.15, -0.1) is 37.2 Å². The van der Waals surface area contributed by atoms with Crippen LogP contribution in [0, 0.1) is 0 Å². The molecule has 2 heterocycles. The first-order valence-corrected chi connectivity index (χ1v) is 13.7. The number of piperidine rings is 1. The molecule has 1 saturated heterocycles. The van der Waals surface area contributed by atoms with Gasteiger partial charge in [0.2, 0.25) is 0 Å². The number of pyridine rings is 1. The van der Waals surface area contributed by atoms with E-state index in [1.807, 2.05) is 42.6 Å². The zero-order chi connectivity index (χ0) is 26.5. The maximum atomic E-state index is 10.9. The number of nitrogens with zero attached hydrogens (tertiary/aromatic N) is 2. The third-order valence-electron chi connectivity index (χ3n) is 7.53. The van der Waals surface area contributed by atoms with Gasteiger partial charge in [0.05, 0.1) is 12.3 Å². The molecule has 1 aromatic heterocycles. The predicted molar refractivity (Wildman–Crippen MR) is 172 cm³/mol. The molecule has 10 heteroatoms. The Labute approximate surface area is 265 Å². The molecule has 5 rings (SSSR count). The molecule has 1 unspecified atom stereocenters. The highest BCUT2D eigenvalue weighted by Gasteiger charge is 2.25. The van der Waals surface area contributed by atoms with Gasteiger partial charge in [-0.2, -0.15) is 0 Å². The minimum absolute atomic E-state index is 0. The van der Waals surface area contributed by atoms with Gasteiger partial charge in [-0.25, -0.2) is 0 Å². The van der Waals surface area contributed by atoms with Crippen molar-refractivity contribution in [3.63, 3.8) is 0 Å². The maximum Gasteiger partial charge on any atom is 0.320 e. The fourth-order valence-corrected chi connectivity index (χ4v) is 5.67. The molecule has 1 atom stereocenters. The van der Waals surface area contributed by atoms with E-state index in [2.05, 4.69) is 23.1 Å². The molecule has 0 saturated carbocycles. The van der Waals surface area contributed by atoms with Crippen LogP contribution in [0.5, 0.6) is 5.75 Å². The number of carboxylic acid groups (broad SMARTS) is 1. The summed E-state index contributed by atoms with van der Waals surface area (Å²) in [5.74, 6) is -0.196. The Kier molecular flexibility index (Phi) is 13.9. The number of aryl methyl sites for hydroxylation is 2. The molecule has 0 spiro atoms. The van der Waals surface area contributed by atoms with Gasteiger partial charge < -0.3 is 20.5 Å². The first kappa shape index (κ1) is 34.9. The van der Waals surface area contributed by atoms with Crippen molar-refractivity contribution in [2.24, 2.45) is 5.73 Å². The third-order valence-corrected chi connectivity index (χ3v) is 7.76. The van der Waals surface area contributed by atoms with Gasteiger partial charge in [-0.1, -0.05) is 41.4 Å². The van der Waals surface area contributed by atoms with Crippen LogP contribution in [0.25, 0.3) is 5.57 Å². The molecule has 222 valence electrons. The Morgan fingerprint density at radius 1 is 1.00 bits per heavy atom. The summed E-state index contributed by atoms with van der Waals surface area (Å²) in [4.78, 5) is 18.3. The van der Waals surface area contributed by atoms with Crippen molar-refractivity contribution in [1.29, 1.82) is 0 Å². The second kappa shape index (κ2) is 16.4. The smallest absolute Gasteiger partial charge is 0.320 e. The molecule has 1 aliphatic carbocycles. The zero-order valence-corrected chi connectivity index (χ0v) is 26.0. The highest BCUT2D eigenvalue weighted by Crippen LogP contribution is 2.38. The van der Waals surface area contributed by atoms with Crippen LogP contribution in [0.2, 0.25) is 5.02 Å². The zero-order valence-electron chi connectivity index (χ0n) is 22.8. The number of fused-ring (bicyclic) bond motifs is 2. The van der Waals surface area contributed by atoms with E-state index in [1.165, 1.54) is 27.8 Å². The highest BCUT2D eigenvalue weighted by molar-refractivity contribution is 6.30. The Morgan fingerprint density at radius 3 is 2.41 bits per heavy atom. The van der Waals surface area contributed by atoms with Gasteiger partial charge in [-0.3, -0.25) is 9.78 Å². The number of aromatic nitrogens is 1. The van der Waals surface area contributed by atoms with Crippen LogP contribution in [0.3, 0.4) is 0 Å². The predicted octanol–water partition coefficient (Wildman–Crippen LogP) is 6.42. The van der Waals surface area contributed by atoms with Crippen LogP contribution in [-0.2, 0) is 24.1 Å². The molecule has 0 radical (unpaired) electrons. The van der Waals surface area contributed by atoms with Crippen molar-refractivity contribution in [3.05, 3.63) is 99.3 Å². The Morgan fingerprint density at radius 2 is 1.71 bits per heavy atom. The van der Waals surface area contributed by atoms with Gasteiger partial charge in [0.25, 0.3) is 0 Å². The van der Waals surface area contributed by atoms with Gasteiger partial charge in [0, 0.05) is 36.4 Å². The van der Waals surface area contributed by atoms with Crippen molar-refractivity contribution in [2.75, 3.05) is 26.2 Å². The van der Waals surface area contributed by atoms with Crippen LogP contribution < -0.4 is 10.5 Å². The summed E-state index contributed by atoms with van der Waals surface area (Å²) >= 11 is 6.36. The van der Waals surface area contributed by atoms with Gasteiger partial charge in [0.15, 0.2) is 0 Å². The summed E-state index contributed by atoms with van der Waals surface area (Å²) in [7, 11) is 0. The molecule has 2 aromatic carbocycles. The van der Waals surface area contributed by atoms with Gasteiger partial charge in [-0.05, 0) is 91.1 Å². The molecule has 0 amide bonds. The third kappa shape index (κ3) is 8.84. The SMILES string of the molecule is Cl.Cl.Cl.NC(Cc1ccc(OCCCN2CCC(=C3c4ccc(Cl)cc4CCc4cccnc43)CC2)cc1)C(=O)O. The van der Waals surface area contributed by atoms with E-state index < -0.39 is 12.0 Å². The van der Waals surface area contributed by atoms with Crippen LogP contribution >= 0.6 is 48.8 Å². The summed E-state index contributed by atoms with van der Waals surface area (Å²) in [5.41, 5.74) is 14.4. The number of halogens is 4. The average molecular weight is 641 g/mol. The van der Waals surface area contributed by atoms with Crippen LogP contribution in [0.4, 0.5) is 0 Å². The number of carbonyl (C=O) groups is 1. The average Bonchev–Trinajstić information content (AvgIpc) is 3.09. The quantitative estimate of drug-likeness (QED) is 0.276. The van der Waals surface area contributed by atoms with E-state index >= 15 is 0 Å². The van der Waals surface area contributed by atoms with Crippen LogP contribution in [0.15, 0.2) is 66.4 Å². The van der Waals surface area contributed by atoms with E-state index in [-0.39, 0.29) is 37.2 Å². The summed E-state index contributed by atoms with van der Waals surface area (Å²) in [6.45, 7) is 3.70. The molecular formula is C31H37Cl4N3O3. The molecule has 41 heavy (non-hydrogen) atoms. The fraction of sp³-hybridized carbons (Fsp3) is 0.355. The monoisotopic (exact) mass is 639 g/mol. The minimum Gasteiger partial charge on any atom is -0.494 e. The van der Waals surface area contributed by atoms with E-state index in [4.69, 9.17) is 32.2 Å². The lowest BCUT2D eigenvalue weighted by Crippen LogP contribution is -2.32. The maximum absolute atomic E-state index is 10.9. The first-order valence-electron chi connectivity index (χ1n) is 13.4. The molecule has 1 fully saturated rings. The van der Waals surface area contributed by atoms with Gasteiger partial charge >= 0.3 is 5.97 Å². The van der Waals surface area contributed by atoms with E-state index in [1.54, 1.807) is 0 Å². The second-order valence-electron chi connectivity index (χ2n) is 10.1. The van der Waals surface area contributed by atoms with Crippen LogP contribution in [0.1, 0.15) is 47.2 Å². The number of carboxylic acids is 1. The lowest BCUT2D eigenvalue weighted by molar-refractivity contribution is -0.138. The van der Waals surface area contributed by atoms with Crippen LogP contribution in [-0.4, -0.2) is 53.2 Å². The summed E-state index contributed by atoms with van der Waals surface area (Å²) in [5, 5.41) is 9.76. The van der Waals surface area contributed by atoms with Crippen molar-refractivity contribution in [3.8, 4) is 5.75 Å². The topological polar surface area (TPSA) is 88.7 Å². The number of likely N-dealkylation sites (tertiary alicyclic amines) is 1. The van der Waals surface area contributed by atoms with Gasteiger partial charge in [0.1, 0.15) is 11.8 Å². The Bertz CT molecular complexity index is 1320. The lowest BCUT2D eigenvalue weighted by atomic mass is 9.88. The summed E-state index contributed by atoms with van der Waals surface area (Å²) < 4.78 is 5.92. The normalized spacial score (nSPS) is 15.2. The Balaban J connectivity index is 0.00000196. The summed E-state index contributed by atoms with van der Waals surface area (Å²) in [6.07, 6.45) is 7.21. The number of ether oxygens (including phenoxy) is 1. The number of hydrogen-bond donors (Lipinski definition) is 2. The molecular weight excluding hydrogens is 604 g/mol. The standard InChI is InChI=1S/C31H34ClN3O3.3ClH/c32-25-8-11-27-24(20-25)7-6-23-3-1-14-34-30(23)29(27)22-12-16-35(17-13-22)15-2-18-38-26-9-4-21(5-10-26)19-28(33)31(36)37;;;/h1,3-5,8-11,14,20,28H,2,6-7,12-13,15-19,33H2,(H,36,37);3*1H. The minimum atomic E-state index is -0.989. The molecule has 2 aliphatic rings. The van der Waals surface area contributed by atoms with Crippen molar-refractivity contribution < 1.29 is 14.6 Å². The number of rotatable bonds is 8.